The fourth-order valence-electron chi connectivity index (χ4n) is 4.56. The number of rotatable bonds is 7. The summed E-state index contributed by atoms with van der Waals surface area (Å²) < 4.78 is 16.6. The third kappa shape index (κ3) is 4.18. The van der Waals surface area contributed by atoms with Gasteiger partial charge in [-0.2, -0.15) is 0 Å². The highest BCUT2D eigenvalue weighted by molar-refractivity contribution is 6.02. The molecule has 7 nitrogen and oxygen atoms in total. The summed E-state index contributed by atoms with van der Waals surface area (Å²) in [5.41, 5.74) is 3.80. The molecule has 1 aliphatic rings. The molecule has 2 amide bonds. The molecule has 0 spiro atoms. The van der Waals surface area contributed by atoms with Crippen LogP contribution < -0.4 is 14.2 Å². The molecule has 1 atom stereocenters. The molecule has 0 bridgehead atoms. The molecule has 2 heterocycles. The second-order valence-corrected chi connectivity index (χ2v) is 8.00. The molecule has 7 heteroatoms. The van der Waals surface area contributed by atoms with E-state index in [0.717, 1.165) is 27.7 Å². The van der Waals surface area contributed by atoms with E-state index in [1.807, 2.05) is 43.3 Å². The molecule has 3 aromatic rings. The first-order chi connectivity index (χ1) is 16.0. The summed E-state index contributed by atoms with van der Waals surface area (Å²) in [5.74, 6) is 0.692. The highest BCUT2D eigenvalue weighted by Gasteiger charge is 2.30. The molecule has 33 heavy (non-hydrogen) atoms. The molecule has 0 aliphatic carbocycles. The zero-order valence-electron chi connectivity index (χ0n) is 19.3. The first kappa shape index (κ1) is 22.5. The van der Waals surface area contributed by atoms with E-state index in [4.69, 9.17) is 14.2 Å². The van der Waals surface area contributed by atoms with E-state index in [-0.39, 0.29) is 24.2 Å². The first-order valence-electron chi connectivity index (χ1n) is 10.9. The van der Waals surface area contributed by atoms with Gasteiger partial charge >= 0.3 is 0 Å². The van der Waals surface area contributed by atoms with Gasteiger partial charge < -0.3 is 19.2 Å². The molecule has 0 fully saturated rings. The van der Waals surface area contributed by atoms with Gasteiger partial charge in [0.05, 0.1) is 21.3 Å². The van der Waals surface area contributed by atoms with Gasteiger partial charge in [-0.05, 0) is 48.7 Å². The molecule has 172 valence electrons. The van der Waals surface area contributed by atoms with Crippen molar-refractivity contribution in [1.82, 2.24) is 9.88 Å². The number of carbonyl (C=O) groups is 2. The summed E-state index contributed by atoms with van der Waals surface area (Å²) in [7, 11) is 4.69. The maximum absolute atomic E-state index is 13.3. The maximum atomic E-state index is 13.3. The lowest BCUT2D eigenvalue weighted by molar-refractivity contribution is -0.142. The maximum Gasteiger partial charge on any atom is 0.252 e. The van der Waals surface area contributed by atoms with Crippen molar-refractivity contribution in [3.63, 3.8) is 0 Å². The summed E-state index contributed by atoms with van der Waals surface area (Å²) in [5, 5.41) is 1.03. The van der Waals surface area contributed by atoms with Crippen molar-refractivity contribution in [3.05, 3.63) is 65.4 Å². The topological polar surface area (TPSA) is 80.9 Å². The zero-order chi connectivity index (χ0) is 23.5. The van der Waals surface area contributed by atoms with Crippen LogP contribution >= 0.6 is 0 Å². The summed E-state index contributed by atoms with van der Waals surface area (Å²) >= 11 is 0. The molecular weight excluding hydrogens is 420 g/mol. The van der Waals surface area contributed by atoms with Gasteiger partial charge in [0.1, 0.15) is 0 Å². The van der Waals surface area contributed by atoms with Crippen molar-refractivity contribution < 1.29 is 23.8 Å². The van der Waals surface area contributed by atoms with Crippen LogP contribution in [0.4, 0.5) is 0 Å². The number of nitrogens with one attached hydrogen (secondary N) is 1. The predicted molar refractivity (Wildman–Crippen MR) is 126 cm³/mol. The number of nitrogens with zero attached hydrogens (tertiary/aromatic N) is 1. The molecule has 1 aromatic heterocycles. The van der Waals surface area contributed by atoms with Gasteiger partial charge in [-0.15, -0.1) is 0 Å². The smallest absolute Gasteiger partial charge is 0.252 e. The number of aromatic nitrogens is 1. The predicted octanol–water partition coefficient (Wildman–Crippen LogP) is 4.34. The van der Waals surface area contributed by atoms with E-state index >= 15 is 0 Å². The van der Waals surface area contributed by atoms with Gasteiger partial charge in [-0.3, -0.25) is 14.5 Å². The zero-order valence-corrected chi connectivity index (χ0v) is 19.3. The molecule has 0 saturated carbocycles. The molecule has 1 aliphatic heterocycles. The highest BCUT2D eigenvalue weighted by Crippen LogP contribution is 2.44. The van der Waals surface area contributed by atoms with Crippen molar-refractivity contribution in [2.24, 2.45) is 0 Å². The number of imide groups is 1. The largest absolute Gasteiger partial charge is 0.493 e. The SMILES string of the molecule is COc1cc(C(CC(=O)N2CCC=CC2=O)c2c(C)[nH]c3ccccc23)cc(OC)c1OC. The Morgan fingerprint density at radius 2 is 1.79 bits per heavy atom. The number of amides is 2. The Morgan fingerprint density at radius 3 is 2.42 bits per heavy atom. The van der Waals surface area contributed by atoms with Gasteiger partial charge in [0, 0.05) is 35.5 Å². The minimum atomic E-state index is -0.332. The Morgan fingerprint density at radius 1 is 1.09 bits per heavy atom. The molecule has 1 unspecified atom stereocenters. The number of fused-ring (bicyclic) bond motifs is 1. The molecule has 0 radical (unpaired) electrons. The Kier molecular flexibility index (Phi) is 6.40. The lowest BCUT2D eigenvalue weighted by atomic mass is 9.85. The lowest BCUT2D eigenvalue weighted by Crippen LogP contribution is -2.39. The lowest BCUT2D eigenvalue weighted by Gasteiger charge is -2.26. The van der Waals surface area contributed by atoms with Gasteiger partial charge in [0.2, 0.25) is 11.7 Å². The number of hydrogen-bond donors (Lipinski definition) is 1. The third-order valence-electron chi connectivity index (χ3n) is 6.11. The van der Waals surface area contributed by atoms with Crippen molar-refractivity contribution in [2.45, 2.75) is 25.7 Å². The fourth-order valence-corrected chi connectivity index (χ4v) is 4.56. The van der Waals surface area contributed by atoms with Gasteiger partial charge in [-0.25, -0.2) is 0 Å². The van der Waals surface area contributed by atoms with Gasteiger partial charge in [-0.1, -0.05) is 24.3 Å². The monoisotopic (exact) mass is 448 g/mol. The van der Waals surface area contributed by atoms with E-state index in [0.29, 0.717) is 30.2 Å². The quantitative estimate of drug-likeness (QED) is 0.582. The van der Waals surface area contributed by atoms with Crippen molar-refractivity contribution in [3.8, 4) is 17.2 Å². The minimum Gasteiger partial charge on any atom is -0.493 e. The summed E-state index contributed by atoms with van der Waals surface area (Å²) in [6.45, 7) is 2.39. The average molecular weight is 449 g/mol. The summed E-state index contributed by atoms with van der Waals surface area (Å²) in [6.07, 6.45) is 4.05. The van der Waals surface area contributed by atoms with Gasteiger partial charge in [0.25, 0.3) is 5.91 Å². The summed E-state index contributed by atoms with van der Waals surface area (Å²) in [4.78, 5) is 30.5. The van der Waals surface area contributed by atoms with Crippen LogP contribution in [0.1, 0.15) is 35.6 Å². The number of ether oxygens (including phenoxy) is 3. The number of hydrogen-bond acceptors (Lipinski definition) is 5. The molecule has 1 N–H and O–H groups in total. The summed E-state index contributed by atoms with van der Waals surface area (Å²) in [6, 6.07) is 11.8. The number of para-hydroxylation sites is 1. The number of H-pyrrole nitrogens is 1. The van der Waals surface area contributed by atoms with Crippen LogP contribution in [0, 0.1) is 6.92 Å². The average Bonchev–Trinajstić information content (AvgIpc) is 3.17. The number of benzene rings is 2. The minimum absolute atomic E-state index is 0.126. The van der Waals surface area contributed by atoms with E-state index in [2.05, 4.69) is 4.98 Å². The van der Waals surface area contributed by atoms with E-state index in [1.54, 1.807) is 27.4 Å². The van der Waals surface area contributed by atoms with Crippen molar-refractivity contribution in [1.29, 1.82) is 0 Å². The van der Waals surface area contributed by atoms with Crippen LogP contribution in [0.15, 0.2) is 48.6 Å². The van der Waals surface area contributed by atoms with Gasteiger partial charge in [0.15, 0.2) is 11.5 Å². The number of carbonyl (C=O) groups excluding carboxylic acids is 2. The Balaban J connectivity index is 1.86. The van der Waals surface area contributed by atoms with Crippen molar-refractivity contribution in [2.75, 3.05) is 27.9 Å². The van der Waals surface area contributed by atoms with E-state index in [9.17, 15) is 9.59 Å². The second kappa shape index (κ2) is 9.40. The standard InChI is InChI=1S/C26H28N2O5/c1-16-25(18-9-5-6-10-20(18)27-16)19(15-24(30)28-12-8-7-11-23(28)29)17-13-21(31-2)26(33-4)22(14-17)32-3/h5-7,9-11,13-14,19,27H,8,12,15H2,1-4H3. The number of aromatic amines is 1. The normalized spacial score (nSPS) is 14.4. The van der Waals surface area contributed by atoms with Crippen LogP contribution in [0.2, 0.25) is 0 Å². The number of methoxy groups -OCH3 is 3. The number of aryl methyl sites for hydroxylation is 1. The first-order valence-corrected chi connectivity index (χ1v) is 10.9. The Bertz CT molecular complexity index is 1200. The van der Waals surface area contributed by atoms with Crippen molar-refractivity contribution >= 4 is 22.7 Å². The molecular formula is C26H28N2O5. The second-order valence-electron chi connectivity index (χ2n) is 8.00. The van der Waals surface area contributed by atoms with Crippen LogP contribution in [0.25, 0.3) is 10.9 Å². The van der Waals surface area contributed by atoms with Crippen LogP contribution in [0.3, 0.4) is 0 Å². The van der Waals surface area contributed by atoms with Crippen LogP contribution in [0.5, 0.6) is 17.2 Å². The van der Waals surface area contributed by atoms with E-state index < -0.39 is 0 Å². The van der Waals surface area contributed by atoms with Crippen LogP contribution in [-0.4, -0.2) is 49.6 Å². The molecule has 0 saturated heterocycles. The highest BCUT2D eigenvalue weighted by atomic mass is 16.5. The van der Waals surface area contributed by atoms with E-state index in [1.165, 1.54) is 11.0 Å². The Hall–Kier alpha value is -3.74. The fraction of sp³-hybridized carbons (Fsp3) is 0.308. The molecule has 2 aromatic carbocycles. The van der Waals surface area contributed by atoms with Crippen LogP contribution in [-0.2, 0) is 9.59 Å². The third-order valence-corrected chi connectivity index (χ3v) is 6.11. The molecule has 4 rings (SSSR count). The Labute approximate surface area is 192 Å².